The number of fused-ring (bicyclic) bond motifs is 1. The Hall–Kier alpha value is -3.67. The minimum Gasteiger partial charge on any atom is -0.497 e. The van der Waals surface area contributed by atoms with Crippen molar-refractivity contribution in [3.8, 4) is 5.75 Å². The maximum Gasteiger partial charge on any atom is 0.261 e. The third-order valence-corrected chi connectivity index (χ3v) is 5.71. The molecule has 1 aliphatic rings. The van der Waals surface area contributed by atoms with Crippen LogP contribution in [0.15, 0.2) is 59.4 Å². The van der Waals surface area contributed by atoms with Crippen LogP contribution in [0.1, 0.15) is 55.4 Å². The molecular formula is C25H24N2O4. The molecule has 0 saturated carbocycles. The van der Waals surface area contributed by atoms with E-state index in [1.807, 2.05) is 55.5 Å². The van der Waals surface area contributed by atoms with Gasteiger partial charge in [0.05, 0.1) is 7.11 Å². The molecule has 2 N–H and O–H groups in total. The fourth-order valence-corrected chi connectivity index (χ4v) is 3.89. The number of aryl methyl sites for hydroxylation is 1. The Morgan fingerprint density at radius 2 is 1.77 bits per heavy atom. The molecule has 158 valence electrons. The predicted octanol–water partition coefficient (Wildman–Crippen LogP) is 3.53. The lowest BCUT2D eigenvalue weighted by molar-refractivity contribution is 0.0949. The van der Waals surface area contributed by atoms with Gasteiger partial charge in [0.1, 0.15) is 11.3 Å². The number of aromatic nitrogens is 1. The number of methoxy groups -OCH3 is 1. The number of nitrogens with one attached hydrogen (secondary N) is 2. The summed E-state index contributed by atoms with van der Waals surface area (Å²) < 4.78 is 5.19. The summed E-state index contributed by atoms with van der Waals surface area (Å²) in [7, 11) is 1.61. The van der Waals surface area contributed by atoms with Gasteiger partial charge in [-0.3, -0.25) is 14.4 Å². The van der Waals surface area contributed by atoms with Crippen LogP contribution in [-0.4, -0.2) is 23.8 Å². The van der Waals surface area contributed by atoms with E-state index < -0.39 is 11.5 Å². The van der Waals surface area contributed by atoms with Gasteiger partial charge < -0.3 is 15.0 Å². The molecule has 2 aromatic carbocycles. The highest BCUT2D eigenvalue weighted by atomic mass is 16.5. The molecule has 0 bridgehead atoms. The smallest absolute Gasteiger partial charge is 0.261 e. The van der Waals surface area contributed by atoms with Gasteiger partial charge in [-0.25, -0.2) is 0 Å². The molecule has 6 nitrogen and oxygen atoms in total. The molecule has 31 heavy (non-hydrogen) atoms. The second-order valence-corrected chi connectivity index (χ2v) is 7.87. The van der Waals surface area contributed by atoms with Gasteiger partial charge in [0, 0.05) is 24.2 Å². The maximum atomic E-state index is 12.8. The monoisotopic (exact) mass is 416 g/mol. The number of amides is 1. The van der Waals surface area contributed by atoms with Gasteiger partial charge in [-0.1, -0.05) is 42.0 Å². The third kappa shape index (κ3) is 4.43. The number of aromatic amines is 1. The van der Waals surface area contributed by atoms with Crippen molar-refractivity contribution in [1.82, 2.24) is 10.3 Å². The first-order valence-corrected chi connectivity index (χ1v) is 10.2. The summed E-state index contributed by atoms with van der Waals surface area (Å²) in [6, 6.07) is 16.8. The molecule has 1 aliphatic carbocycles. The summed E-state index contributed by atoms with van der Waals surface area (Å²) in [4.78, 5) is 40.8. The van der Waals surface area contributed by atoms with Crippen LogP contribution in [0.2, 0.25) is 0 Å². The van der Waals surface area contributed by atoms with Gasteiger partial charge in [-0.05, 0) is 48.6 Å². The van der Waals surface area contributed by atoms with Crippen LogP contribution >= 0.6 is 0 Å². The van der Waals surface area contributed by atoms with E-state index in [9.17, 15) is 14.4 Å². The summed E-state index contributed by atoms with van der Waals surface area (Å²) in [5.41, 5.74) is 3.56. The number of Topliss-reactive ketones (excluding diaryl/α,β-unsaturated/α-hetero) is 1. The zero-order valence-electron chi connectivity index (χ0n) is 17.5. The average molecular weight is 416 g/mol. The summed E-state index contributed by atoms with van der Waals surface area (Å²) in [5.74, 6) is 0.157. The van der Waals surface area contributed by atoms with Crippen LogP contribution in [-0.2, 0) is 13.0 Å². The molecule has 0 aliphatic heterocycles. The van der Waals surface area contributed by atoms with Gasteiger partial charge in [-0.2, -0.15) is 0 Å². The molecule has 4 rings (SSSR count). The van der Waals surface area contributed by atoms with Gasteiger partial charge in [0.25, 0.3) is 11.5 Å². The highest BCUT2D eigenvalue weighted by molar-refractivity contribution is 6.02. The number of hydrogen-bond acceptors (Lipinski definition) is 4. The van der Waals surface area contributed by atoms with Crippen LogP contribution in [0.3, 0.4) is 0 Å². The SMILES string of the molecule is COc1ccc([C@H]2CC(=O)c3cc(C(=O)NCc4ccc(C)cc4)c(=O)[nH]c3C2)cc1. The fourth-order valence-electron chi connectivity index (χ4n) is 3.89. The van der Waals surface area contributed by atoms with Gasteiger partial charge in [0.15, 0.2) is 5.78 Å². The molecule has 1 atom stereocenters. The Kier molecular flexibility index (Phi) is 5.71. The number of ether oxygens (including phenoxy) is 1. The highest BCUT2D eigenvalue weighted by Gasteiger charge is 2.28. The van der Waals surface area contributed by atoms with Gasteiger partial charge in [-0.15, -0.1) is 0 Å². The van der Waals surface area contributed by atoms with E-state index in [2.05, 4.69) is 10.3 Å². The van der Waals surface area contributed by atoms with Crippen molar-refractivity contribution >= 4 is 11.7 Å². The normalized spacial score (nSPS) is 15.3. The number of hydrogen-bond donors (Lipinski definition) is 2. The van der Waals surface area contributed by atoms with E-state index in [1.54, 1.807) is 7.11 Å². The van der Waals surface area contributed by atoms with E-state index in [0.29, 0.717) is 30.6 Å². The quantitative estimate of drug-likeness (QED) is 0.666. The summed E-state index contributed by atoms with van der Waals surface area (Å²) in [5, 5.41) is 2.76. The minimum atomic E-state index is -0.491. The van der Waals surface area contributed by atoms with Crippen LogP contribution < -0.4 is 15.6 Å². The average Bonchev–Trinajstić information content (AvgIpc) is 2.78. The van der Waals surface area contributed by atoms with Crippen molar-refractivity contribution in [3.63, 3.8) is 0 Å². The first kappa shape index (κ1) is 20.6. The fraction of sp³-hybridized carbons (Fsp3) is 0.240. The predicted molar refractivity (Wildman–Crippen MR) is 118 cm³/mol. The molecule has 0 saturated heterocycles. The standard InChI is InChI=1S/C25H24N2O4/c1-15-3-5-16(6-4-15)14-26-24(29)21-13-20-22(27-25(21)30)11-18(12-23(20)28)17-7-9-19(31-2)10-8-17/h3-10,13,18H,11-12,14H2,1-2H3,(H,26,29)(H,27,30)/t18-/m1/s1. The molecule has 6 heteroatoms. The molecule has 0 spiro atoms. The number of ketones is 1. The van der Waals surface area contributed by atoms with Crippen molar-refractivity contribution in [2.24, 2.45) is 0 Å². The first-order valence-electron chi connectivity index (χ1n) is 10.2. The molecule has 1 heterocycles. The Balaban J connectivity index is 1.52. The van der Waals surface area contributed by atoms with E-state index in [0.717, 1.165) is 22.4 Å². The van der Waals surface area contributed by atoms with Crippen LogP contribution in [0, 0.1) is 6.92 Å². The number of pyridine rings is 1. The van der Waals surface area contributed by atoms with Gasteiger partial charge in [0.2, 0.25) is 0 Å². The molecule has 0 radical (unpaired) electrons. The van der Waals surface area contributed by atoms with Crippen molar-refractivity contribution in [3.05, 3.63) is 98.5 Å². The number of carbonyl (C=O) groups is 2. The van der Waals surface area contributed by atoms with Crippen molar-refractivity contribution in [2.45, 2.75) is 32.2 Å². The van der Waals surface area contributed by atoms with Crippen molar-refractivity contribution in [2.75, 3.05) is 7.11 Å². The molecule has 0 fully saturated rings. The van der Waals surface area contributed by atoms with E-state index >= 15 is 0 Å². The number of H-pyrrole nitrogens is 1. The van der Waals surface area contributed by atoms with Crippen LogP contribution in [0.25, 0.3) is 0 Å². The maximum absolute atomic E-state index is 12.8. The topological polar surface area (TPSA) is 88.3 Å². The molecular weight excluding hydrogens is 392 g/mol. The number of benzene rings is 2. The van der Waals surface area contributed by atoms with Crippen LogP contribution in [0.4, 0.5) is 0 Å². The Morgan fingerprint density at radius 3 is 2.45 bits per heavy atom. The van der Waals surface area contributed by atoms with E-state index in [4.69, 9.17) is 4.74 Å². The number of carbonyl (C=O) groups excluding carboxylic acids is 2. The Labute approximate surface area is 180 Å². The molecule has 1 amide bonds. The molecule has 0 unspecified atom stereocenters. The molecule has 1 aromatic heterocycles. The molecule has 3 aromatic rings. The van der Waals surface area contributed by atoms with E-state index in [1.165, 1.54) is 6.07 Å². The number of rotatable bonds is 5. The highest BCUT2D eigenvalue weighted by Crippen LogP contribution is 2.32. The van der Waals surface area contributed by atoms with Gasteiger partial charge >= 0.3 is 0 Å². The Morgan fingerprint density at radius 1 is 1.06 bits per heavy atom. The lowest BCUT2D eigenvalue weighted by Crippen LogP contribution is -2.32. The van der Waals surface area contributed by atoms with Crippen molar-refractivity contribution in [1.29, 1.82) is 0 Å². The first-order chi connectivity index (χ1) is 14.9. The minimum absolute atomic E-state index is 0.0252. The summed E-state index contributed by atoms with van der Waals surface area (Å²) in [6.45, 7) is 2.30. The van der Waals surface area contributed by atoms with E-state index in [-0.39, 0.29) is 17.3 Å². The summed E-state index contributed by atoms with van der Waals surface area (Å²) >= 11 is 0. The zero-order valence-corrected chi connectivity index (χ0v) is 17.5. The lowest BCUT2D eigenvalue weighted by atomic mass is 9.81. The largest absolute Gasteiger partial charge is 0.497 e. The van der Waals surface area contributed by atoms with Crippen molar-refractivity contribution < 1.29 is 14.3 Å². The lowest BCUT2D eigenvalue weighted by Gasteiger charge is -2.24. The second-order valence-electron chi connectivity index (χ2n) is 7.87. The second kappa shape index (κ2) is 8.60. The van der Waals surface area contributed by atoms with Crippen LogP contribution in [0.5, 0.6) is 5.75 Å². The Bertz CT molecular complexity index is 1180. The summed E-state index contributed by atoms with van der Waals surface area (Å²) in [6.07, 6.45) is 0.865. The third-order valence-electron chi connectivity index (χ3n) is 5.71. The zero-order chi connectivity index (χ0) is 22.0.